The fraction of sp³-hybridized carbons (Fsp3) is 0.765. The van der Waals surface area contributed by atoms with Crippen LogP contribution in [0, 0.1) is 6.92 Å². The topological polar surface area (TPSA) is 69.8 Å². The van der Waals surface area contributed by atoms with Crippen molar-refractivity contribution in [2.24, 2.45) is 0 Å². The average molecular weight is 323 g/mol. The van der Waals surface area contributed by atoms with Crippen molar-refractivity contribution in [3.63, 3.8) is 0 Å². The minimum atomic E-state index is -0.115. The van der Waals surface area contributed by atoms with E-state index in [1.165, 1.54) is 0 Å². The second kappa shape index (κ2) is 7.45. The molecule has 0 radical (unpaired) electrons. The van der Waals surface area contributed by atoms with Crippen molar-refractivity contribution in [1.82, 2.24) is 14.8 Å². The quantitative estimate of drug-likeness (QED) is 0.886. The molecule has 0 aliphatic carbocycles. The number of carbonyl (C=O) groups excluding carboxylic acids is 1. The Morgan fingerprint density at radius 1 is 1.26 bits per heavy atom. The highest BCUT2D eigenvalue weighted by atomic mass is 16.4. The highest BCUT2D eigenvalue weighted by Gasteiger charge is 2.24. The smallest absolute Gasteiger partial charge is 0.223 e. The largest absolute Gasteiger partial charge is 0.445 e. The number of hydrogen-bond donors (Lipinski definition) is 1. The second-order valence-corrected chi connectivity index (χ2v) is 7.22. The van der Waals surface area contributed by atoms with Gasteiger partial charge in [-0.1, -0.05) is 20.8 Å². The van der Waals surface area contributed by atoms with Gasteiger partial charge in [-0.25, -0.2) is 4.98 Å². The Labute approximate surface area is 138 Å². The molecule has 0 unspecified atom stereocenters. The summed E-state index contributed by atoms with van der Waals surface area (Å²) in [6, 6.07) is 0. The Kier molecular flexibility index (Phi) is 5.81. The van der Waals surface area contributed by atoms with E-state index < -0.39 is 0 Å². The lowest BCUT2D eigenvalue weighted by molar-refractivity contribution is -0.133. The van der Waals surface area contributed by atoms with Crippen LogP contribution >= 0.6 is 0 Å². The SMILES string of the molecule is Cc1nc(C(C)(C)C)oc1CCC(=O)N1CCN(CCO)CC1. The van der Waals surface area contributed by atoms with Gasteiger partial charge in [0.15, 0.2) is 5.89 Å². The molecule has 1 aromatic heterocycles. The fourth-order valence-electron chi connectivity index (χ4n) is 2.72. The summed E-state index contributed by atoms with van der Waals surface area (Å²) >= 11 is 0. The Hall–Kier alpha value is -1.40. The predicted octanol–water partition coefficient (Wildman–Crippen LogP) is 1.35. The van der Waals surface area contributed by atoms with Crippen LogP contribution in [0.25, 0.3) is 0 Å². The Morgan fingerprint density at radius 3 is 2.43 bits per heavy atom. The lowest BCUT2D eigenvalue weighted by atomic mass is 9.97. The number of β-amino-alcohol motifs (C(OH)–C–C–N with tert-alkyl or cyclic N) is 1. The van der Waals surface area contributed by atoms with E-state index in [2.05, 4.69) is 30.7 Å². The first-order chi connectivity index (χ1) is 10.8. The minimum Gasteiger partial charge on any atom is -0.445 e. The van der Waals surface area contributed by atoms with Crippen molar-refractivity contribution in [3.8, 4) is 0 Å². The van der Waals surface area contributed by atoms with E-state index in [4.69, 9.17) is 9.52 Å². The molecule has 2 rings (SSSR count). The number of carbonyl (C=O) groups is 1. The van der Waals surface area contributed by atoms with Crippen LogP contribution in [0.15, 0.2) is 4.42 Å². The molecule has 130 valence electrons. The number of rotatable bonds is 5. The molecule has 6 heteroatoms. The van der Waals surface area contributed by atoms with E-state index in [1.807, 2.05) is 11.8 Å². The third-order valence-electron chi connectivity index (χ3n) is 4.24. The number of hydrogen-bond acceptors (Lipinski definition) is 5. The Balaban J connectivity index is 1.84. The summed E-state index contributed by atoms with van der Waals surface area (Å²) in [5, 5.41) is 8.95. The number of aliphatic hydroxyl groups excluding tert-OH is 1. The van der Waals surface area contributed by atoms with Gasteiger partial charge in [0, 0.05) is 51.0 Å². The molecular weight excluding hydrogens is 294 g/mol. The van der Waals surface area contributed by atoms with Crippen LogP contribution in [0.4, 0.5) is 0 Å². The Morgan fingerprint density at radius 2 is 1.91 bits per heavy atom. The maximum absolute atomic E-state index is 12.3. The van der Waals surface area contributed by atoms with E-state index in [9.17, 15) is 4.79 Å². The van der Waals surface area contributed by atoms with Crippen LogP contribution < -0.4 is 0 Å². The first-order valence-electron chi connectivity index (χ1n) is 8.39. The molecule has 1 amide bonds. The van der Waals surface area contributed by atoms with E-state index in [0.717, 1.165) is 43.5 Å². The molecule has 0 atom stereocenters. The molecule has 1 aliphatic rings. The number of amides is 1. The van der Waals surface area contributed by atoms with Gasteiger partial charge in [0.2, 0.25) is 5.91 Å². The monoisotopic (exact) mass is 323 g/mol. The van der Waals surface area contributed by atoms with Crippen LogP contribution in [0.5, 0.6) is 0 Å². The number of oxazole rings is 1. The van der Waals surface area contributed by atoms with E-state index in [-0.39, 0.29) is 17.9 Å². The lowest BCUT2D eigenvalue weighted by Gasteiger charge is -2.34. The standard InChI is InChI=1S/C17H29N3O3/c1-13-14(23-16(18-13)17(2,3)4)5-6-15(22)20-9-7-19(8-10-20)11-12-21/h21H,5-12H2,1-4H3. The average Bonchev–Trinajstić information content (AvgIpc) is 2.87. The summed E-state index contributed by atoms with van der Waals surface area (Å²) in [5.41, 5.74) is 0.770. The van der Waals surface area contributed by atoms with Gasteiger partial charge in [0.25, 0.3) is 0 Å². The second-order valence-electron chi connectivity index (χ2n) is 7.22. The molecule has 1 fully saturated rings. The summed E-state index contributed by atoms with van der Waals surface area (Å²) < 4.78 is 5.85. The lowest BCUT2D eigenvalue weighted by Crippen LogP contribution is -2.49. The van der Waals surface area contributed by atoms with Crippen molar-refractivity contribution in [2.45, 2.75) is 46.0 Å². The highest BCUT2D eigenvalue weighted by molar-refractivity contribution is 5.76. The zero-order valence-corrected chi connectivity index (χ0v) is 14.8. The van der Waals surface area contributed by atoms with E-state index >= 15 is 0 Å². The third kappa shape index (κ3) is 4.78. The van der Waals surface area contributed by atoms with Crippen molar-refractivity contribution in [1.29, 1.82) is 0 Å². The first kappa shape index (κ1) is 17.9. The summed E-state index contributed by atoms with van der Waals surface area (Å²) in [4.78, 5) is 20.9. The van der Waals surface area contributed by atoms with Crippen molar-refractivity contribution < 1.29 is 14.3 Å². The van der Waals surface area contributed by atoms with Crippen molar-refractivity contribution in [3.05, 3.63) is 17.3 Å². The van der Waals surface area contributed by atoms with Gasteiger partial charge < -0.3 is 14.4 Å². The molecule has 1 aliphatic heterocycles. The molecule has 1 N–H and O–H groups in total. The minimum absolute atomic E-state index is 0.115. The van der Waals surface area contributed by atoms with Gasteiger partial charge in [-0.3, -0.25) is 9.69 Å². The van der Waals surface area contributed by atoms with Crippen LogP contribution in [0.2, 0.25) is 0 Å². The number of aromatic nitrogens is 1. The number of nitrogens with zero attached hydrogens (tertiary/aromatic N) is 3. The molecule has 1 saturated heterocycles. The molecule has 6 nitrogen and oxygen atoms in total. The molecule has 0 saturated carbocycles. The maximum atomic E-state index is 12.3. The number of piperazine rings is 1. The van der Waals surface area contributed by atoms with Gasteiger partial charge in [0.1, 0.15) is 5.76 Å². The zero-order chi connectivity index (χ0) is 17.0. The van der Waals surface area contributed by atoms with Crippen molar-refractivity contribution in [2.75, 3.05) is 39.3 Å². The molecular formula is C17H29N3O3. The summed E-state index contributed by atoms with van der Waals surface area (Å²) in [5.74, 6) is 1.72. The summed E-state index contributed by atoms with van der Waals surface area (Å²) in [7, 11) is 0. The zero-order valence-electron chi connectivity index (χ0n) is 14.8. The van der Waals surface area contributed by atoms with Crippen LogP contribution in [-0.2, 0) is 16.6 Å². The third-order valence-corrected chi connectivity index (χ3v) is 4.24. The first-order valence-corrected chi connectivity index (χ1v) is 8.39. The van der Waals surface area contributed by atoms with Gasteiger partial charge in [-0.2, -0.15) is 0 Å². The van der Waals surface area contributed by atoms with Crippen molar-refractivity contribution >= 4 is 5.91 Å². The van der Waals surface area contributed by atoms with Gasteiger partial charge in [0.05, 0.1) is 12.3 Å². The van der Waals surface area contributed by atoms with Crippen LogP contribution in [0.3, 0.4) is 0 Å². The summed E-state index contributed by atoms with van der Waals surface area (Å²) in [6.45, 7) is 12.2. The van der Waals surface area contributed by atoms with Crippen LogP contribution in [0.1, 0.15) is 44.5 Å². The fourth-order valence-corrected chi connectivity index (χ4v) is 2.72. The number of aliphatic hydroxyl groups is 1. The molecule has 0 aromatic carbocycles. The summed E-state index contributed by atoms with van der Waals surface area (Å²) in [6.07, 6.45) is 1.06. The number of aryl methyl sites for hydroxylation is 2. The predicted molar refractivity (Wildman–Crippen MR) is 88.4 cm³/mol. The molecule has 0 spiro atoms. The molecule has 1 aromatic rings. The van der Waals surface area contributed by atoms with Crippen LogP contribution in [-0.4, -0.2) is 65.1 Å². The van der Waals surface area contributed by atoms with E-state index in [0.29, 0.717) is 19.4 Å². The molecule has 23 heavy (non-hydrogen) atoms. The van der Waals surface area contributed by atoms with Gasteiger partial charge >= 0.3 is 0 Å². The normalized spacial score (nSPS) is 16.8. The highest BCUT2D eigenvalue weighted by Crippen LogP contribution is 2.24. The van der Waals surface area contributed by atoms with Gasteiger partial charge in [-0.15, -0.1) is 0 Å². The van der Waals surface area contributed by atoms with Gasteiger partial charge in [-0.05, 0) is 6.92 Å². The molecule has 0 bridgehead atoms. The Bertz CT molecular complexity index is 526. The maximum Gasteiger partial charge on any atom is 0.223 e. The van der Waals surface area contributed by atoms with E-state index in [1.54, 1.807) is 0 Å². The molecule has 2 heterocycles.